The van der Waals surface area contributed by atoms with Gasteiger partial charge in [-0.1, -0.05) is 17.8 Å². The van der Waals surface area contributed by atoms with Gasteiger partial charge in [-0.05, 0) is 23.8 Å². The molecule has 1 fully saturated rings. The minimum atomic E-state index is -0.727. The van der Waals surface area contributed by atoms with Gasteiger partial charge in [0.1, 0.15) is 6.07 Å². The Labute approximate surface area is 176 Å². The van der Waals surface area contributed by atoms with Gasteiger partial charge in [-0.15, -0.1) is 0 Å². The van der Waals surface area contributed by atoms with Crippen LogP contribution in [0.3, 0.4) is 0 Å². The van der Waals surface area contributed by atoms with E-state index in [-0.39, 0.29) is 36.6 Å². The van der Waals surface area contributed by atoms with Gasteiger partial charge in [-0.2, -0.15) is 5.26 Å². The molecule has 1 aliphatic heterocycles. The molecule has 0 unspecified atom stereocenters. The number of amides is 3. The van der Waals surface area contributed by atoms with Crippen molar-refractivity contribution in [3.8, 4) is 17.6 Å². The Morgan fingerprint density at radius 2 is 2.13 bits per heavy atom. The molecule has 1 saturated heterocycles. The minimum Gasteiger partial charge on any atom is -0.493 e. The van der Waals surface area contributed by atoms with Gasteiger partial charge in [-0.3, -0.25) is 19.3 Å². The Hall–Kier alpha value is -3.52. The third-order valence-corrected chi connectivity index (χ3v) is 4.59. The van der Waals surface area contributed by atoms with Crippen LogP contribution in [0, 0.1) is 11.3 Å². The molecule has 0 aromatic heterocycles. The Morgan fingerprint density at radius 3 is 2.80 bits per heavy atom. The lowest BCUT2D eigenvalue weighted by molar-refractivity contribution is -0.143. The smallest absolute Gasteiger partial charge is 0.331 e. The first kappa shape index (κ1) is 22.8. The fraction of sp³-hybridized carbons (Fsp3) is 0.316. The van der Waals surface area contributed by atoms with E-state index in [0.29, 0.717) is 17.1 Å². The van der Waals surface area contributed by atoms with Gasteiger partial charge in [0.15, 0.2) is 24.7 Å². The number of hydrogen-bond acceptors (Lipinski definition) is 9. The minimum absolute atomic E-state index is 0.0696. The fourth-order valence-electron chi connectivity index (χ4n) is 2.32. The summed E-state index contributed by atoms with van der Waals surface area (Å²) in [6.07, 6.45) is 2.62. The molecular formula is C19H19N3O7S. The molecule has 158 valence electrons. The molecule has 0 radical (unpaired) electrons. The molecule has 11 heteroatoms. The number of ether oxygens (including phenoxy) is 3. The highest BCUT2D eigenvalue weighted by Gasteiger charge is 2.29. The van der Waals surface area contributed by atoms with Crippen LogP contribution in [-0.4, -0.2) is 67.1 Å². The van der Waals surface area contributed by atoms with Crippen LogP contribution in [0.5, 0.6) is 11.5 Å². The summed E-state index contributed by atoms with van der Waals surface area (Å²) in [6, 6.07) is 6.73. The molecule has 30 heavy (non-hydrogen) atoms. The van der Waals surface area contributed by atoms with Gasteiger partial charge in [0, 0.05) is 19.2 Å². The van der Waals surface area contributed by atoms with Crippen LogP contribution < -0.4 is 14.8 Å². The van der Waals surface area contributed by atoms with Crippen molar-refractivity contribution in [2.45, 2.75) is 0 Å². The van der Waals surface area contributed by atoms with Crippen LogP contribution in [0.1, 0.15) is 5.56 Å². The number of hydrogen-bond donors (Lipinski definition) is 1. The number of methoxy groups -OCH3 is 1. The molecule has 2 rings (SSSR count). The number of carbonyl (C=O) groups excluding carboxylic acids is 4. The number of benzene rings is 1. The van der Waals surface area contributed by atoms with Crippen molar-refractivity contribution in [1.29, 1.82) is 5.26 Å². The van der Waals surface area contributed by atoms with Gasteiger partial charge >= 0.3 is 5.97 Å². The number of nitrogens with zero attached hydrogens (tertiary/aromatic N) is 2. The topological polar surface area (TPSA) is 135 Å². The SMILES string of the molecule is COc1cc(/C=C/C(=O)OCC(=O)NCCN2C(=O)CSC2=O)ccc1OCC#N. The molecule has 3 amide bonds. The third kappa shape index (κ3) is 6.82. The van der Waals surface area contributed by atoms with Crippen molar-refractivity contribution in [2.75, 3.05) is 39.2 Å². The number of rotatable bonds is 10. The van der Waals surface area contributed by atoms with E-state index in [1.165, 1.54) is 13.2 Å². The molecule has 1 aromatic rings. The Morgan fingerprint density at radius 1 is 1.33 bits per heavy atom. The average molecular weight is 433 g/mol. The van der Waals surface area contributed by atoms with E-state index in [1.807, 2.05) is 6.07 Å². The summed E-state index contributed by atoms with van der Waals surface area (Å²) in [4.78, 5) is 47.4. The summed E-state index contributed by atoms with van der Waals surface area (Å²) in [6.45, 7) is -0.474. The van der Waals surface area contributed by atoms with Gasteiger partial charge < -0.3 is 19.5 Å². The van der Waals surface area contributed by atoms with Crippen LogP contribution in [0.4, 0.5) is 4.79 Å². The Bertz CT molecular complexity index is 879. The first-order chi connectivity index (χ1) is 14.4. The van der Waals surface area contributed by atoms with E-state index >= 15 is 0 Å². The molecule has 10 nitrogen and oxygen atoms in total. The van der Waals surface area contributed by atoms with Gasteiger partial charge in [0.05, 0.1) is 12.9 Å². The Balaban J connectivity index is 1.75. The second kappa shape index (κ2) is 11.5. The lowest BCUT2D eigenvalue weighted by atomic mass is 10.2. The summed E-state index contributed by atoms with van der Waals surface area (Å²) in [5.74, 6) is -0.672. The van der Waals surface area contributed by atoms with Crippen LogP contribution in [0.2, 0.25) is 0 Å². The van der Waals surface area contributed by atoms with Gasteiger partial charge in [0.2, 0.25) is 5.91 Å². The number of esters is 1. The highest BCUT2D eigenvalue weighted by atomic mass is 32.2. The van der Waals surface area contributed by atoms with Crippen LogP contribution >= 0.6 is 11.8 Å². The van der Waals surface area contributed by atoms with Gasteiger partial charge in [-0.25, -0.2) is 4.79 Å². The van der Waals surface area contributed by atoms with Crippen molar-refractivity contribution in [1.82, 2.24) is 10.2 Å². The van der Waals surface area contributed by atoms with Crippen molar-refractivity contribution in [2.24, 2.45) is 0 Å². The molecule has 0 atom stereocenters. The molecule has 1 N–H and O–H groups in total. The van der Waals surface area contributed by atoms with Crippen molar-refractivity contribution in [3.63, 3.8) is 0 Å². The maximum absolute atomic E-state index is 11.8. The standard InChI is InChI=1S/C19H19N3O7S/c1-27-15-10-13(2-4-14(15)28-9-6-20)3-5-18(25)29-11-16(23)21-7-8-22-17(24)12-30-19(22)26/h2-5,10H,7-9,11-12H2,1H3,(H,21,23)/b5-3+. The highest BCUT2D eigenvalue weighted by Crippen LogP contribution is 2.28. The molecule has 0 saturated carbocycles. The molecule has 1 heterocycles. The molecule has 0 aliphatic carbocycles. The highest BCUT2D eigenvalue weighted by molar-refractivity contribution is 8.14. The second-order valence-electron chi connectivity index (χ2n) is 5.75. The molecular weight excluding hydrogens is 414 g/mol. The molecule has 1 aromatic carbocycles. The summed E-state index contributed by atoms with van der Waals surface area (Å²) < 4.78 is 15.2. The third-order valence-electron chi connectivity index (χ3n) is 3.74. The number of carbonyl (C=O) groups is 4. The van der Waals surface area contributed by atoms with E-state index in [0.717, 1.165) is 22.7 Å². The Kier molecular flexibility index (Phi) is 8.71. The molecule has 0 spiro atoms. The first-order valence-electron chi connectivity index (χ1n) is 8.71. The summed E-state index contributed by atoms with van der Waals surface area (Å²) in [5.41, 5.74) is 0.621. The zero-order chi connectivity index (χ0) is 21.9. The lowest BCUT2D eigenvalue weighted by Crippen LogP contribution is -2.38. The summed E-state index contributed by atoms with van der Waals surface area (Å²) in [5, 5.41) is 10.7. The van der Waals surface area contributed by atoms with Crippen molar-refractivity contribution < 1.29 is 33.4 Å². The largest absolute Gasteiger partial charge is 0.493 e. The van der Waals surface area contributed by atoms with E-state index in [1.54, 1.807) is 18.2 Å². The number of nitrogens with one attached hydrogen (secondary N) is 1. The first-order valence-corrected chi connectivity index (χ1v) is 9.69. The zero-order valence-corrected chi connectivity index (χ0v) is 16.9. The van der Waals surface area contributed by atoms with Crippen LogP contribution in [0.25, 0.3) is 6.08 Å². The number of nitriles is 1. The number of imide groups is 1. The fourth-order valence-corrected chi connectivity index (χ4v) is 3.07. The molecule has 0 bridgehead atoms. The van der Waals surface area contributed by atoms with Crippen LogP contribution in [0.15, 0.2) is 24.3 Å². The normalized spacial score (nSPS) is 13.3. The second-order valence-corrected chi connectivity index (χ2v) is 6.67. The maximum atomic E-state index is 11.8. The summed E-state index contributed by atoms with van der Waals surface area (Å²) in [7, 11) is 1.45. The molecule has 1 aliphatic rings. The van der Waals surface area contributed by atoms with E-state index in [9.17, 15) is 19.2 Å². The van der Waals surface area contributed by atoms with Crippen molar-refractivity contribution >= 4 is 40.9 Å². The van der Waals surface area contributed by atoms with Crippen LogP contribution in [-0.2, 0) is 19.1 Å². The van der Waals surface area contributed by atoms with Crippen molar-refractivity contribution in [3.05, 3.63) is 29.8 Å². The predicted octanol–water partition coefficient (Wildman–Crippen LogP) is 0.966. The number of thioether (sulfide) groups is 1. The quantitative estimate of drug-likeness (QED) is 0.423. The van der Waals surface area contributed by atoms with E-state index < -0.39 is 18.5 Å². The monoisotopic (exact) mass is 433 g/mol. The maximum Gasteiger partial charge on any atom is 0.331 e. The zero-order valence-electron chi connectivity index (χ0n) is 16.1. The lowest BCUT2D eigenvalue weighted by Gasteiger charge is -2.12. The van der Waals surface area contributed by atoms with E-state index in [4.69, 9.17) is 19.5 Å². The average Bonchev–Trinajstić information content (AvgIpc) is 3.07. The van der Waals surface area contributed by atoms with E-state index in [2.05, 4.69) is 5.32 Å². The predicted molar refractivity (Wildman–Crippen MR) is 107 cm³/mol. The summed E-state index contributed by atoms with van der Waals surface area (Å²) >= 11 is 0.917. The van der Waals surface area contributed by atoms with Gasteiger partial charge in [0.25, 0.3) is 11.1 Å².